The molecule has 0 fully saturated rings. The Morgan fingerprint density at radius 1 is 0.857 bits per heavy atom. The van der Waals surface area contributed by atoms with Crippen LogP contribution in [0.2, 0.25) is 0 Å². The van der Waals surface area contributed by atoms with Crippen LogP contribution in [-0.4, -0.2) is 37.7 Å². The predicted molar refractivity (Wildman–Crippen MR) is 126 cm³/mol. The molecule has 0 saturated carbocycles. The Labute approximate surface area is 199 Å². The quantitative estimate of drug-likeness (QED) is 0.234. The zero-order valence-corrected chi connectivity index (χ0v) is 18.2. The molecule has 2 atom stereocenters. The van der Waals surface area contributed by atoms with Gasteiger partial charge in [-0.3, -0.25) is 5.32 Å². The van der Waals surface area contributed by atoms with Crippen LogP contribution in [0.1, 0.15) is 17.2 Å². The largest absolute Gasteiger partial charge is 0.508 e. The number of ether oxygens (including phenoxy) is 2. The van der Waals surface area contributed by atoms with Gasteiger partial charge in [-0.25, -0.2) is 4.79 Å². The SMILES string of the molecule is O=C(Nc1ccc2ccccc2c1)O[C@@H]1Cc2c(O)cc(O)cc2O[C@@H]1c1cc(O)c(O)c(O)c1. The first-order valence-corrected chi connectivity index (χ1v) is 10.7. The Morgan fingerprint density at radius 3 is 2.31 bits per heavy atom. The molecule has 4 aromatic rings. The van der Waals surface area contributed by atoms with Crippen LogP contribution < -0.4 is 10.1 Å². The molecule has 0 aromatic heterocycles. The van der Waals surface area contributed by atoms with Gasteiger partial charge in [-0.05, 0) is 35.0 Å². The third kappa shape index (κ3) is 4.26. The molecule has 0 radical (unpaired) electrons. The first-order chi connectivity index (χ1) is 16.8. The van der Waals surface area contributed by atoms with Crippen molar-refractivity contribution in [1.82, 2.24) is 0 Å². The smallest absolute Gasteiger partial charge is 0.412 e. The van der Waals surface area contributed by atoms with Crippen molar-refractivity contribution in [1.29, 1.82) is 0 Å². The van der Waals surface area contributed by atoms with E-state index in [1.165, 1.54) is 18.2 Å². The highest BCUT2D eigenvalue weighted by Gasteiger charge is 2.37. The number of benzene rings is 4. The molecule has 1 aliphatic heterocycles. The zero-order chi connectivity index (χ0) is 24.7. The van der Waals surface area contributed by atoms with Crippen LogP contribution in [0, 0.1) is 0 Å². The van der Waals surface area contributed by atoms with E-state index in [0.29, 0.717) is 11.3 Å². The fraction of sp³-hybridized carbons (Fsp3) is 0.115. The molecule has 4 aromatic carbocycles. The van der Waals surface area contributed by atoms with Gasteiger partial charge in [0.1, 0.15) is 23.4 Å². The second-order valence-electron chi connectivity index (χ2n) is 8.22. The predicted octanol–water partition coefficient (Wildman–Crippen LogP) is 4.66. The Bertz CT molecular complexity index is 1430. The van der Waals surface area contributed by atoms with E-state index < -0.39 is 35.5 Å². The number of aromatic hydroxyl groups is 5. The summed E-state index contributed by atoms with van der Waals surface area (Å²) in [4.78, 5) is 12.8. The second-order valence-corrected chi connectivity index (χ2v) is 8.22. The maximum Gasteiger partial charge on any atom is 0.412 e. The van der Waals surface area contributed by atoms with Gasteiger partial charge in [0.15, 0.2) is 23.4 Å². The van der Waals surface area contributed by atoms with Gasteiger partial charge in [0, 0.05) is 35.4 Å². The minimum absolute atomic E-state index is 0.0135. The van der Waals surface area contributed by atoms with Crippen LogP contribution in [0.5, 0.6) is 34.5 Å². The summed E-state index contributed by atoms with van der Waals surface area (Å²) in [7, 11) is 0. The lowest BCUT2D eigenvalue weighted by Crippen LogP contribution is -2.36. The highest BCUT2D eigenvalue weighted by atomic mass is 16.6. The first kappa shape index (κ1) is 22.0. The van der Waals surface area contributed by atoms with Crippen molar-refractivity contribution in [2.45, 2.75) is 18.6 Å². The molecule has 0 unspecified atom stereocenters. The number of carbonyl (C=O) groups excluding carboxylic acids is 1. The summed E-state index contributed by atoms with van der Waals surface area (Å²) in [5.74, 6) is -2.20. The molecule has 0 aliphatic carbocycles. The Balaban J connectivity index is 1.45. The third-order valence-electron chi connectivity index (χ3n) is 5.84. The van der Waals surface area contributed by atoms with Crippen molar-refractivity contribution in [3.63, 3.8) is 0 Å². The summed E-state index contributed by atoms with van der Waals surface area (Å²) in [6.07, 6.45) is -2.81. The van der Waals surface area contributed by atoms with Gasteiger partial charge < -0.3 is 35.0 Å². The van der Waals surface area contributed by atoms with Crippen LogP contribution in [-0.2, 0) is 11.2 Å². The lowest BCUT2D eigenvalue weighted by molar-refractivity contribution is 0.00790. The van der Waals surface area contributed by atoms with E-state index in [1.54, 1.807) is 12.1 Å². The molecule has 1 heterocycles. The summed E-state index contributed by atoms with van der Waals surface area (Å²) in [5, 5.41) is 54.4. The number of fused-ring (bicyclic) bond motifs is 2. The standard InChI is InChI=1S/C26H21NO8/c28-17-10-19(29)18-12-23(25(34-22(18)11-17)15-8-20(30)24(32)21(31)9-15)35-26(33)27-16-6-5-13-3-1-2-4-14(13)7-16/h1-11,23,25,28-32H,12H2,(H,27,33)/t23-,25-/m1/s1. The van der Waals surface area contributed by atoms with E-state index in [0.717, 1.165) is 16.8 Å². The molecule has 0 spiro atoms. The fourth-order valence-electron chi connectivity index (χ4n) is 4.18. The Morgan fingerprint density at radius 2 is 1.57 bits per heavy atom. The number of phenols is 5. The van der Waals surface area contributed by atoms with Crippen LogP contribution in [0.15, 0.2) is 66.7 Å². The van der Waals surface area contributed by atoms with E-state index in [9.17, 15) is 30.3 Å². The Kier molecular flexibility index (Phi) is 5.37. The third-order valence-corrected chi connectivity index (χ3v) is 5.84. The van der Waals surface area contributed by atoms with Crippen LogP contribution >= 0.6 is 0 Å². The first-order valence-electron chi connectivity index (χ1n) is 10.7. The van der Waals surface area contributed by atoms with Gasteiger partial charge in [0.25, 0.3) is 0 Å². The summed E-state index contributed by atoms with van der Waals surface area (Å²) in [6, 6.07) is 17.8. The summed E-state index contributed by atoms with van der Waals surface area (Å²) >= 11 is 0. The maximum absolute atomic E-state index is 12.8. The minimum Gasteiger partial charge on any atom is -0.508 e. The molecule has 5 rings (SSSR count). The van der Waals surface area contributed by atoms with Gasteiger partial charge in [-0.2, -0.15) is 0 Å². The van der Waals surface area contributed by atoms with Crippen molar-refractivity contribution in [3.05, 3.63) is 77.9 Å². The number of carbonyl (C=O) groups is 1. The Hall–Kier alpha value is -4.79. The van der Waals surface area contributed by atoms with Crippen molar-refractivity contribution >= 4 is 22.6 Å². The molecule has 35 heavy (non-hydrogen) atoms. The highest BCUT2D eigenvalue weighted by Crippen LogP contribution is 2.45. The topological polar surface area (TPSA) is 149 Å². The molecule has 0 bridgehead atoms. The molecule has 0 saturated heterocycles. The van der Waals surface area contributed by atoms with E-state index in [2.05, 4.69) is 5.32 Å². The normalized spacial score (nSPS) is 16.8. The number of phenolic OH excluding ortho intramolecular Hbond substituents is 5. The van der Waals surface area contributed by atoms with Crippen LogP contribution in [0.4, 0.5) is 10.5 Å². The van der Waals surface area contributed by atoms with Crippen molar-refractivity contribution in [3.8, 4) is 34.5 Å². The molecule has 9 heteroatoms. The lowest BCUT2D eigenvalue weighted by Gasteiger charge is -2.34. The molecule has 9 nitrogen and oxygen atoms in total. The lowest BCUT2D eigenvalue weighted by atomic mass is 9.93. The van der Waals surface area contributed by atoms with E-state index in [4.69, 9.17) is 9.47 Å². The monoisotopic (exact) mass is 475 g/mol. The van der Waals surface area contributed by atoms with E-state index in [-0.39, 0.29) is 29.2 Å². The van der Waals surface area contributed by atoms with Crippen molar-refractivity contribution in [2.24, 2.45) is 0 Å². The van der Waals surface area contributed by atoms with Gasteiger partial charge in [0.2, 0.25) is 0 Å². The number of rotatable bonds is 3. The van der Waals surface area contributed by atoms with Crippen molar-refractivity contribution < 1.29 is 39.8 Å². The molecular weight excluding hydrogens is 454 g/mol. The van der Waals surface area contributed by atoms with Gasteiger partial charge in [-0.15, -0.1) is 0 Å². The van der Waals surface area contributed by atoms with Crippen LogP contribution in [0.3, 0.4) is 0 Å². The summed E-state index contributed by atoms with van der Waals surface area (Å²) < 4.78 is 11.6. The number of hydrogen-bond acceptors (Lipinski definition) is 8. The van der Waals surface area contributed by atoms with Gasteiger partial charge in [0.05, 0.1) is 0 Å². The molecule has 1 aliphatic rings. The number of anilines is 1. The van der Waals surface area contributed by atoms with E-state index >= 15 is 0 Å². The van der Waals surface area contributed by atoms with Gasteiger partial charge in [-0.1, -0.05) is 30.3 Å². The maximum atomic E-state index is 12.8. The van der Waals surface area contributed by atoms with Gasteiger partial charge >= 0.3 is 6.09 Å². The highest BCUT2D eigenvalue weighted by molar-refractivity contribution is 5.91. The minimum atomic E-state index is -1.04. The van der Waals surface area contributed by atoms with Crippen LogP contribution in [0.25, 0.3) is 10.8 Å². The average molecular weight is 475 g/mol. The summed E-state index contributed by atoms with van der Waals surface area (Å²) in [6.45, 7) is 0. The number of nitrogens with one attached hydrogen (secondary N) is 1. The van der Waals surface area contributed by atoms with E-state index in [1.807, 2.05) is 30.3 Å². The number of amides is 1. The second kappa shape index (κ2) is 8.53. The van der Waals surface area contributed by atoms with Crippen molar-refractivity contribution in [2.75, 3.05) is 5.32 Å². The summed E-state index contributed by atoms with van der Waals surface area (Å²) in [5.41, 5.74) is 1.03. The number of hydrogen-bond donors (Lipinski definition) is 6. The average Bonchev–Trinajstić information content (AvgIpc) is 2.82. The molecule has 1 amide bonds. The molecular formula is C26H21NO8. The molecule has 6 N–H and O–H groups in total. The fourth-order valence-corrected chi connectivity index (χ4v) is 4.18. The zero-order valence-electron chi connectivity index (χ0n) is 18.2. The molecule has 178 valence electrons.